The Labute approximate surface area is 154 Å². The van der Waals surface area contributed by atoms with E-state index >= 15 is 0 Å². The van der Waals surface area contributed by atoms with E-state index in [1.54, 1.807) is 16.7 Å². The van der Waals surface area contributed by atoms with Crippen molar-refractivity contribution in [2.75, 3.05) is 7.11 Å². The summed E-state index contributed by atoms with van der Waals surface area (Å²) >= 11 is 0. The molecule has 0 bridgehead atoms. The molecule has 140 valence electrons. The Morgan fingerprint density at radius 1 is 1.20 bits per heavy atom. The summed E-state index contributed by atoms with van der Waals surface area (Å²) in [6.07, 6.45) is 16.0. The van der Waals surface area contributed by atoms with Crippen molar-refractivity contribution in [2.45, 2.75) is 83.1 Å². The van der Waals surface area contributed by atoms with Gasteiger partial charge in [0.25, 0.3) is 0 Å². The molecule has 1 aromatic rings. The van der Waals surface area contributed by atoms with E-state index in [9.17, 15) is 0 Å². The van der Waals surface area contributed by atoms with E-state index < -0.39 is 0 Å². The van der Waals surface area contributed by atoms with Gasteiger partial charge in [-0.05, 0) is 86.8 Å². The van der Waals surface area contributed by atoms with Gasteiger partial charge < -0.3 is 10.8 Å². The van der Waals surface area contributed by atoms with Crippen LogP contribution >= 0.6 is 0 Å². The van der Waals surface area contributed by atoms with Gasteiger partial charge in [0.1, 0.15) is 0 Å². The van der Waals surface area contributed by atoms with Crippen LogP contribution in [0.1, 0.15) is 81.4 Å². The number of aliphatic hydroxyl groups excluding tert-OH is 1. The third-order valence-electron chi connectivity index (χ3n) is 5.90. The second-order valence-electron chi connectivity index (χ2n) is 8.23. The zero-order chi connectivity index (χ0) is 18.3. The third-order valence-corrected chi connectivity index (χ3v) is 5.90. The predicted molar refractivity (Wildman–Crippen MR) is 108 cm³/mol. The summed E-state index contributed by atoms with van der Waals surface area (Å²) in [6.45, 7) is 4.46. The van der Waals surface area contributed by atoms with E-state index in [0.717, 1.165) is 19.4 Å². The van der Waals surface area contributed by atoms with Crippen molar-refractivity contribution in [3.05, 3.63) is 47.0 Å². The van der Waals surface area contributed by atoms with Crippen LogP contribution in [-0.2, 0) is 12.8 Å². The Balaban J connectivity index is 0.00000109. The lowest BCUT2D eigenvalue weighted by molar-refractivity contribution is 0.399. The Bertz CT molecular complexity index is 561. The van der Waals surface area contributed by atoms with Crippen LogP contribution in [0.4, 0.5) is 0 Å². The van der Waals surface area contributed by atoms with E-state index in [-0.39, 0.29) is 5.54 Å². The molecule has 0 saturated heterocycles. The number of aryl methyl sites for hydroxylation is 1. The first kappa shape index (κ1) is 20.2. The maximum atomic E-state index is 7.00. The van der Waals surface area contributed by atoms with E-state index in [1.807, 2.05) is 0 Å². The molecular weight excluding hydrogens is 306 g/mol. The highest BCUT2D eigenvalue weighted by Gasteiger charge is 2.32. The average molecular weight is 344 g/mol. The molecule has 2 aliphatic rings. The number of aliphatic hydroxyl groups is 1. The van der Waals surface area contributed by atoms with Gasteiger partial charge in [0, 0.05) is 12.6 Å². The Morgan fingerprint density at radius 3 is 2.68 bits per heavy atom. The van der Waals surface area contributed by atoms with Crippen LogP contribution < -0.4 is 5.73 Å². The molecule has 0 amide bonds. The fraction of sp³-hybridized carbons (Fsp3) is 0.652. The summed E-state index contributed by atoms with van der Waals surface area (Å²) in [5, 5.41) is 7.00. The normalized spacial score (nSPS) is 28.5. The van der Waals surface area contributed by atoms with Crippen molar-refractivity contribution in [2.24, 2.45) is 11.7 Å². The summed E-state index contributed by atoms with van der Waals surface area (Å²) in [7, 11) is 1.00. The number of hydrogen-bond acceptors (Lipinski definition) is 2. The second-order valence-corrected chi connectivity index (χ2v) is 8.23. The fourth-order valence-corrected chi connectivity index (χ4v) is 4.43. The minimum atomic E-state index is 0.0521. The Hall–Kier alpha value is -1.12. The van der Waals surface area contributed by atoms with E-state index in [1.165, 1.54) is 51.4 Å². The third kappa shape index (κ3) is 5.69. The predicted octanol–water partition coefficient (Wildman–Crippen LogP) is 5.13. The highest BCUT2D eigenvalue weighted by molar-refractivity contribution is 5.36. The van der Waals surface area contributed by atoms with Gasteiger partial charge in [-0.1, -0.05) is 43.7 Å². The van der Waals surface area contributed by atoms with Crippen LogP contribution in [0.5, 0.6) is 0 Å². The number of allylic oxidation sites excluding steroid dienone is 2. The average Bonchev–Trinajstić information content (AvgIpc) is 3.00. The van der Waals surface area contributed by atoms with Crippen molar-refractivity contribution in [3.8, 4) is 0 Å². The van der Waals surface area contributed by atoms with Crippen LogP contribution in [0, 0.1) is 5.92 Å². The maximum Gasteiger partial charge on any atom is 0.0319 e. The lowest BCUT2D eigenvalue weighted by atomic mass is 9.80. The van der Waals surface area contributed by atoms with Crippen LogP contribution in [0.2, 0.25) is 0 Å². The molecule has 3 N–H and O–H groups in total. The minimum Gasteiger partial charge on any atom is -0.400 e. The zero-order valence-corrected chi connectivity index (χ0v) is 16.4. The number of benzene rings is 1. The first-order chi connectivity index (χ1) is 12.1. The van der Waals surface area contributed by atoms with Crippen LogP contribution in [0.15, 0.2) is 30.4 Å². The minimum absolute atomic E-state index is 0.0521. The van der Waals surface area contributed by atoms with Gasteiger partial charge in [-0.15, -0.1) is 0 Å². The number of nitrogens with two attached hydrogens (primary N) is 1. The van der Waals surface area contributed by atoms with Crippen LogP contribution in [-0.4, -0.2) is 17.8 Å². The summed E-state index contributed by atoms with van der Waals surface area (Å²) in [5.41, 5.74) is 11.1. The van der Waals surface area contributed by atoms with Gasteiger partial charge in [-0.3, -0.25) is 0 Å². The maximum absolute atomic E-state index is 7.00. The van der Waals surface area contributed by atoms with Crippen molar-refractivity contribution < 1.29 is 5.11 Å². The Kier molecular flexibility index (Phi) is 7.71. The molecule has 3 rings (SSSR count). The first-order valence-corrected chi connectivity index (χ1v) is 10.1. The standard InChI is InChI=1S/C22H33N.CH4O/c1-3-4-5-6-7-17-8-9-19-15-20(11-10-18(19)14-17)21-12-13-22(2,23)16-21;1-2/h5-6,10-11,15,17,21H,3-4,7-9,12-14,16,23H2,1-2H3;2H,1H3/b6-5-;/t17-,21-,22+;/m0./s1. The van der Waals surface area contributed by atoms with Crippen molar-refractivity contribution in [3.63, 3.8) is 0 Å². The number of fused-ring (bicyclic) bond motifs is 1. The molecular formula is C23H37NO. The monoisotopic (exact) mass is 343 g/mol. The van der Waals surface area contributed by atoms with Crippen molar-refractivity contribution in [1.82, 2.24) is 0 Å². The second kappa shape index (κ2) is 9.54. The zero-order valence-electron chi connectivity index (χ0n) is 16.4. The highest BCUT2D eigenvalue weighted by atomic mass is 16.2. The molecule has 3 atom stereocenters. The van der Waals surface area contributed by atoms with Crippen molar-refractivity contribution >= 4 is 0 Å². The summed E-state index contributed by atoms with van der Waals surface area (Å²) in [5.74, 6) is 1.53. The number of hydrogen-bond donors (Lipinski definition) is 2. The molecule has 1 fully saturated rings. The van der Waals surface area contributed by atoms with Crippen molar-refractivity contribution in [1.29, 1.82) is 0 Å². The molecule has 2 nitrogen and oxygen atoms in total. The van der Waals surface area contributed by atoms with Gasteiger partial charge in [0.05, 0.1) is 0 Å². The molecule has 0 aromatic heterocycles. The summed E-state index contributed by atoms with van der Waals surface area (Å²) in [6, 6.07) is 7.31. The molecule has 0 radical (unpaired) electrons. The first-order valence-electron chi connectivity index (χ1n) is 10.1. The molecule has 1 aromatic carbocycles. The SMILES string of the molecule is CCC/C=C\C[C@H]1CCc2cc([C@H]3CC[C@@](C)(N)C3)ccc2C1.CO. The lowest BCUT2D eigenvalue weighted by Crippen LogP contribution is -2.32. The van der Waals surface area contributed by atoms with Gasteiger partial charge in [0.15, 0.2) is 0 Å². The molecule has 2 heteroatoms. The van der Waals surface area contributed by atoms with Crippen LogP contribution in [0.3, 0.4) is 0 Å². The molecule has 0 unspecified atom stereocenters. The van der Waals surface area contributed by atoms with Crippen LogP contribution in [0.25, 0.3) is 0 Å². The van der Waals surface area contributed by atoms with E-state index in [0.29, 0.717) is 5.92 Å². The quantitative estimate of drug-likeness (QED) is 0.728. The molecule has 2 aliphatic carbocycles. The van der Waals surface area contributed by atoms with Gasteiger partial charge >= 0.3 is 0 Å². The number of unbranched alkanes of at least 4 members (excludes halogenated alkanes) is 1. The lowest BCUT2D eigenvalue weighted by Gasteiger charge is -2.25. The Morgan fingerprint density at radius 2 is 2.00 bits per heavy atom. The molecule has 0 aliphatic heterocycles. The van der Waals surface area contributed by atoms with E-state index in [4.69, 9.17) is 10.8 Å². The molecule has 0 heterocycles. The largest absolute Gasteiger partial charge is 0.400 e. The summed E-state index contributed by atoms with van der Waals surface area (Å²) < 4.78 is 0. The number of rotatable bonds is 5. The van der Waals surface area contributed by atoms with Gasteiger partial charge in [0.2, 0.25) is 0 Å². The fourth-order valence-electron chi connectivity index (χ4n) is 4.43. The summed E-state index contributed by atoms with van der Waals surface area (Å²) in [4.78, 5) is 0. The van der Waals surface area contributed by atoms with Gasteiger partial charge in [-0.2, -0.15) is 0 Å². The van der Waals surface area contributed by atoms with Gasteiger partial charge in [-0.25, -0.2) is 0 Å². The van der Waals surface area contributed by atoms with E-state index in [2.05, 4.69) is 44.2 Å². The topological polar surface area (TPSA) is 46.2 Å². The molecule has 1 saturated carbocycles. The smallest absolute Gasteiger partial charge is 0.0319 e. The molecule has 25 heavy (non-hydrogen) atoms. The molecule has 0 spiro atoms. The highest BCUT2D eigenvalue weighted by Crippen LogP contribution is 2.40.